The molecule has 0 aliphatic carbocycles. The Hall–Kier alpha value is -1.98. The number of carbonyl (C=O) groups excluding carboxylic acids is 1. The second-order valence-corrected chi connectivity index (χ2v) is 10.4. The second-order valence-electron chi connectivity index (χ2n) is 6.02. The molecule has 1 amide bonds. The molecule has 164 valence electrons. The lowest BCUT2D eigenvalue weighted by Crippen LogP contribution is -2.14. The zero-order valence-electron chi connectivity index (χ0n) is 14.9. The monoisotopic (exact) mass is 528 g/mol. The molecule has 0 unspecified atom stereocenters. The Morgan fingerprint density at radius 3 is 2.10 bits per heavy atom. The van der Waals surface area contributed by atoms with E-state index in [2.05, 4.69) is 10.0 Å². The van der Waals surface area contributed by atoms with Crippen LogP contribution in [0.25, 0.3) is 0 Å². The van der Waals surface area contributed by atoms with E-state index in [1.807, 2.05) is 0 Å². The molecule has 3 aromatic rings. The number of benzene rings is 2. The van der Waals surface area contributed by atoms with Crippen molar-refractivity contribution in [3.63, 3.8) is 0 Å². The van der Waals surface area contributed by atoms with Crippen molar-refractivity contribution in [1.29, 1.82) is 0 Å². The third-order valence-corrected chi connectivity index (χ3v) is 7.31. The minimum Gasteiger partial charge on any atom is -0.322 e. The maximum atomic E-state index is 12.9. The van der Waals surface area contributed by atoms with E-state index in [1.54, 1.807) is 0 Å². The number of anilines is 2. The number of amides is 1. The average molecular weight is 530 g/mol. The Bertz CT molecular complexity index is 1240. The molecule has 0 saturated carbocycles. The van der Waals surface area contributed by atoms with Crippen LogP contribution in [0.15, 0.2) is 53.4 Å². The Morgan fingerprint density at radius 2 is 1.55 bits per heavy atom. The summed E-state index contributed by atoms with van der Waals surface area (Å²) in [7, 11) is -4.00. The average Bonchev–Trinajstić information content (AvgIpc) is 3.02. The van der Waals surface area contributed by atoms with Gasteiger partial charge in [-0.05, 0) is 48.5 Å². The van der Waals surface area contributed by atoms with E-state index in [4.69, 9.17) is 34.8 Å². The fourth-order valence-electron chi connectivity index (χ4n) is 2.43. The van der Waals surface area contributed by atoms with Gasteiger partial charge >= 0.3 is 6.18 Å². The highest BCUT2D eigenvalue weighted by Crippen LogP contribution is 2.37. The SMILES string of the molecule is O=C(Nc1ccc(Cl)c(C(F)(F)F)c1)c1ccc(NS(=O)(=O)c2cc(Cl)sc2Cl)cc1. The molecule has 0 saturated heterocycles. The van der Waals surface area contributed by atoms with Crippen LogP contribution >= 0.6 is 46.1 Å². The van der Waals surface area contributed by atoms with Crippen molar-refractivity contribution in [2.75, 3.05) is 10.0 Å². The van der Waals surface area contributed by atoms with Crippen molar-refractivity contribution in [3.05, 3.63) is 73.4 Å². The van der Waals surface area contributed by atoms with Crippen LogP contribution in [0.2, 0.25) is 13.7 Å². The fraction of sp³-hybridized carbons (Fsp3) is 0.0556. The summed E-state index contributed by atoms with van der Waals surface area (Å²) in [6, 6.07) is 9.42. The van der Waals surface area contributed by atoms with Crippen molar-refractivity contribution >= 4 is 73.4 Å². The van der Waals surface area contributed by atoms with Crippen molar-refractivity contribution in [1.82, 2.24) is 0 Å². The van der Waals surface area contributed by atoms with Gasteiger partial charge < -0.3 is 5.32 Å². The molecular formula is C18H10Cl3F3N2O3S2. The molecule has 0 aliphatic heterocycles. The van der Waals surface area contributed by atoms with Gasteiger partial charge in [0.2, 0.25) is 0 Å². The quantitative estimate of drug-likeness (QED) is 0.382. The summed E-state index contributed by atoms with van der Waals surface area (Å²) in [5.41, 5.74) is -0.955. The van der Waals surface area contributed by atoms with E-state index >= 15 is 0 Å². The summed E-state index contributed by atoms with van der Waals surface area (Å²) >= 11 is 18.1. The van der Waals surface area contributed by atoms with Crippen LogP contribution in [-0.4, -0.2) is 14.3 Å². The van der Waals surface area contributed by atoms with Gasteiger partial charge in [0.15, 0.2) is 0 Å². The van der Waals surface area contributed by atoms with Gasteiger partial charge in [-0.25, -0.2) is 8.42 Å². The van der Waals surface area contributed by atoms with Gasteiger partial charge in [0.05, 0.1) is 14.9 Å². The first-order valence-corrected chi connectivity index (χ1v) is 11.6. The lowest BCUT2D eigenvalue weighted by atomic mass is 10.1. The Labute approximate surface area is 193 Å². The molecule has 0 radical (unpaired) electrons. The highest BCUT2D eigenvalue weighted by Gasteiger charge is 2.33. The number of thiophene rings is 1. The number of carbonyl (C=O) groups is 1. The maximum absolute atomic E-state index is 12.9. The van der Waals surface area contributed by atoms with E-state index in [1.165, 1.54) is 36.4 Å². The fourth-order valence-corrected chi connectivity index (χ4v) is 5.87. The predicted octanol–water partition coefficient (Wildman–Crippen LogP) is 6.78. The Balaban J connectivity index is 1.74. The minimum absolute atomic E-state index is 0.00492. The van der Waals surface area contributed by atoms with Crippen molar-refractivity contribution in [2.24, 2.45) is 0 Å². The molecule has 31 heavy (non-hydrogen) atoms. The summed E-state index contributed by atoms with van der Waals surface area (Å²) in [6.07, 6.45) is -4.67. The van der Waals surface area contributed by atoms with Gasteiger partial charge in [-0.3, -0.25) is 9.52 Å². The summed E-state index contributed by atoms with van der Waals surface area (Å²) in [5.74, 6) is -0.697. The highest BCUT2D eigenvalue weighted by molar-refractivity contribution is 7.93. The molecule has 13 heteroatoms. The van der Waals surface area contributed by atoms with E-state index < -0.39 is 32.7 Å². The summed E-state index contributed by atoms with van der Waals surface area (Å²) in [5, 5.41) is 1.84. The lowest BCUT2D eigenvalue weighted by molar-refractivity contribution is -0.137. The lowest BCUT2D eigenvalue weighted by Gasteiger charge is -2.12. The van der Waals surface area contributed by atoms with Crippen molar-refractivity contribution in [3.8, 4) is 0 Å². The molecule has 0 spiro atoms. The van der Waals surface area contributed by atoms with E-state index in [9.17, 15) is 26.4 Å². The van der Waals surface area contributed by atoms with Gasteiger partial charge in [-0.2, -0.15) is 13.2 Å². The molecule has 2 N–H and O–H groups in total. The number of rotatable bonds is 5. The molecule has 0 aliphatic rings. The van der Waals surface area contributed by atoms with Crippen LogP contribution < -0.4 is 10.0 Å². The number of hydrogen-bond donors (Lipinski definition) is 2. The van der Waals surface area contributed by atoms with E-state index in [0.29, 0.717) is 0 Å². The molecule has 0 atom stereocenters. The molecule has 2 aromatic carbocycles. The summed E-state index contributed by atoms with van der Waals surface area (Å²) in [6.45, 7) is 0. The van der Waals surface area contributed by atoms with Gasteiger partial charge in [-0.15, -0.1) is 11.3 Å². The Morgan fingerprint density at radius 1 is 0.935 bits per heavy atom. The van der Waals surface area contributed by atoms with E-state index in [-0.39, 0.29) is 30.5 Å². The van der Waals surface area contributed by atoms with Crippen LogP contribution in [0.3, 0.4) is 0 Å². The number of halogens is 6. The number of nitrogens with one attached hydrogen (secondary N) is 2. The first-order chi connectivity index (χ1) is 14.4. The smallest absolute Gasteiger partial charge is 0.322 e. The van der Waals surface area contributed by atoms with Gasteiger partial charge in [0, 0.05) is 16.9 Å². The summed E-state index contributed by atoms with van der Waals surface area (Å²) in [4.78, 5) is 12.1. The van der Waals surface area contributed by atoms with Crippen LogP contribution in [0.5, 0.6) is 0 Å². The molecule has 3 rings (SSSR count). The molecule has 1 aromatic heterocycles. The standard InChI is InChI=1S/C18H10Cl3F3N2O3S2/c19-13-6-5-11(7-12(13)18(22,23)24)25-17(27)9-1-3-10(4-2-9)26-31(28,29)14-8-15(20)30-16(14)21/h1-8,26H,(H,25,27). The first-order valence-electron chi connectivity index (χ1n) is 8.12. The van der Waals surface area contributed by atoms with E-state index in [0.717, 1.165) is 23.5 Å². The molecule has 5 nitrogen and oxygen atoms in total. The molecule has 1 heterocycles. The maximum Gasteiger partial charge on any atom is 0.417 e. The van der Waals surface area contributed by atoms with Crippen LogP contribution in [0.4, 0.5) is 24.5 Å². The predicted molar refractivity (Wildman–Crippen MR) is 116 cm³/mol. The van der Waals surface area contributed by atoms with Gasteiger partial charge in [-0.1, -0.05) is 34.8 Å². The van der Waals surface area contributed by atoms with Crippen molar-refractivity contribution < 1.29 is 26.4 Å². The largest absolute Gasteiger partial charge is 0.417 e. The number of alkyl halides is 3. The summed E-state index contributed by atoms with van der Waals surface area (Å²) < 4.78 is 66.2. The number of hydrogen-bond acceptors (Lipinski definition) is 4. The Kier molecular flexibility index (Phi) is 6.78. The third-order valence-electron chi connectivity index (χ3n) is 3.84. The second kappa shape index (κ2) is 8.87. The highest BCUT2D eigenvalue weighted by atomic mass is 35.5. The first kappa shape index (κ1) is 23.7. The molecular weight excluding hydrogens is 520 g/mol. The zero-order valence-corrected chi connectivity index (χ0v) is 18.8. The number of sulfonamides is 1. The van der Waals surface area contributed by atoms with Gasteiger partial charge in [0.1, 0.15) is 9.23 Å². The third kappa shape index (κ3) is 5.64. The van der Waals surface area contributed by atoms with Crippen molar-refractivity contribution in [2.45, 2.75) is 11.1 Å². The van der Waals surface area contributed by atoms with Crippen LogP contribution in [0.1, 0.15) is 15.9 Å². The van der Waals surface area contributed by atoms with Crippen LogP contribution in [-0.2, 0) is 16.2 Å². The van der Waals surface area contributed by atoms with Crippen LogP contribution in [0, 0.1) is 0 Å². The minimum atomic E-state index is -4.67. The van der Waals surface area contributed by atoms with Gasteiger partial charge in [0.25, 0.3) is 15.9 Å². The molecule has 0 fully saturated rings. The topological polar surface area (TPSA) is 75.3 Å². The zero-order chi connectivity index (χ0) is 23.0. The normalized spacial score (nSPS) is 11.9. The molecule has 0 bridgehead atoms.